The molecule has 2 nitrogen and oxygen atoms in total. The average Bonchev–Trinajstić information content (AvgIpc) is 2.51. The van der Waals surface area contributed by atoms with Gasteiger partial charge in [0.1, 0.15) is 5.82 Å². The van der Waals surface area contributed by atoms with Crippen molar-refractivity contribution < 1.29 is 26.7 Å². The predicted octanol–water partition coefficient (Wildman–Crippen LogP) is 4.39. The number of hydrogen-bond acceptors (Lipinski definition) is 1. The Hall–Kier alpha value is -1.71. The molecule has 2 aromatic carbocycles. The van der Waals surface area contributed by atoms with Crippen LogP contribution >= 0.6 is 22.6 Å². The predicted molar refractivity (Wildman–Crippen MR) is 89.1 cm³/mol. The van der Waals surface area contributed by atoms with Gasteiger partial charge in [0.15, 0.2) is 11.6 Å². The second-order valence-electron chi connectivity index (χ2n) is 5.82. The molecule has 0 aromatic heterocycles. The minimum absolute atomic E-state index is 0.0768. The van der Waals surface area contributed by atoms with E-state index in [1.165, 1.54) is 12.1 Å². The monoisotopic (exact) mass is 467 g/mol. The zero-order chi connectivity index (χ0) is 18.4. The van der Waals surface area contributed by atoms with Gasteiger partial charge in [0.2, 0.25) is 0 Å². The SMILES string of the molecule is O=C(c1ccc(F)c(F)c1Cc1ccc(I)cc1F)N1CC(F)(F)C1. The van der Waals surface area contributed by atoms with Crippen molar-refractivity contribution in [3.63, 3.8) is 0 Å². The van der Waals surface area contributed by atoms with Crippen LogP contribution in [-0.4, -0.2) is 29.8 Å². The summed E-state index contributed by atoms with van der Waals surface area (Å²) < 4.78 is 68.4. The standard InChI is InChI=1S/C17H11F5INO/c18-13-4-3-11(16(25)24-7-17(21,22)8-24)12(15(13)20)5-9-1-2-10(23)6-14(9)19/h1-4,6H,5,7-8H2. The quantitative estimate of drug-likeness (QED) is 0.485. The molecule has 1 heterocycles. The lowest BCUT2D eigenvalue weighted by atomic mass is 9.96. The smallest absolute Gasteiger partial charge is 0.282 e. The summed E-state index contributed by atoms with van der Waals surface area (Å²) in [5.74, 6) is -6.89. The summed E-state index contributed by atoms with van der Waals surface area (Å²) >= 11 is 1.90. The van der Waals surface area contributed by atoms with Gasteiger partial charge in [0, 0.05) is 21.1 Å². The van der Waals surface area contributed by atoms with Crippen molar-refractivity contribution in [1.29, 1.82) is 0 Å². The van der Waals surface area contributed by atoms with Crippen molar-refractivity contribution in [1.82, 2.24) is 4.90 Å². The van der Waals surface area contributed by atoms with Crippen molar-refractivity contribution in [2.75, 3.05) is 13.1 Å². The number of halogens is 6. The van der Waals surface area contributed by atoms with Crippen LogP contribution in [0.1, 0.15) is 21.5 Å². The number of carbonyl (C=O) groups is 1. The zero-order valence-electron chi connectivity index (χ0n) is 12.6. The third-order valence-corrected chi connectivity index (χ3v) is 4.61. The van der Waals surface area contributed by atoms with Gasteiger partial charge in [-0.2, -0.15) is 0 Å². The van der Waals surface area contributed by atoms with E-state index in [0.29, 0.717) is 3.57 Å². The number of rotatable bonds is 3. The van der Waals surface area contributed by atoms with E-state index in [0.717, 1.165) is 17.0 Å². The summed E-state index contributed by atoms with van der Waals surface area (Å²) in [5, 5.41) is 0. The number of amides is 1. The Morgan fingerprint density at radius 1 is 1.08 bits per heavy atom. The molecule has 0 radical (unpaired) electrons. The van der Waals surface area contributed by atoms with Gasteiger partial charge in [0.05, 0.1) is 13.1 Å². The first-order chi connectivity index (χ1) is 11.7. The van der Waals surface area contributed by atoms with Gasteiger partial charge in [-0.15, -0.1) is 0 Å². The van der Waals surface area contributed by atoms with Crippen LogP contribution in [-0.2, 0) is 6.42 Å². The Balaban J connectivity index is 1.97. The van der Waals surface area contributed by atoms with Crippen LogP contribution in [0, 0.1) is 21.0 Å². The van der Waals surface area contributed by atoms with E-state index in [1.54, 1.807) is 6.07 Å². The number of likely N-dealkylation sites (tertiary alicyclic amines) is 1. The summed E-state index contributed by atoms with van der Waals surface area (Å²) in [7, 11) is 0. The Labute approximate surface area is 153 Å². The van der Waals surface area contributed by atoms with Gasteiger partial charge in [-0.3, -0.25) is 4.79 Å². The fraction of sp³-hybridized carbons (Fsp3) is 0.235. The maximum Gasteiger partial charge on any atom is 0.282 e. The molecule has 0 bridgehead atoms. The fourth-order valence-electron chi connectivity index (χ4n) is 2.65. The molecular formula is C17H11F5INO. The van der Waals surface area contributed by atoms with E-state index < -0.39 is 42.4 Å². The number of alkyl halides is 2. The van der Waals surface area contributed by atoms with Crippen LogP contribution in [0.3, 0.4) is 0 Å². The Bertz CT molecular complexity index is 847. The Morgan fingerprint density at radius 2 is 1.76 bits per heavy atom. The highest BCUT2D eigenvalue weighted by atomic mass is 127. The maximum absolute atomic E-state index is 14.2. The molecule has 0 unspecified atom stereocenters. The van der Waals surface area contributed by atoms with Crippen LogP contribution in [0.25, 0.3) is 0 Å². The molecule has 132 valence electrons. The lowest BCUT2D eigenvalue weighted by Crippen LogP contribution is -2.58. The number of hydrogen-bond donors (Lipinski definition) is 0. The van der Waals surface area contributed by atoms with Crippen molar-refractivity contribution in [3.05, 3.63) is 68.0 Å². The zero-order valence-corrected chi connectivity index (χ0v) is 14.8. The van der Waals surface area contributed by atoms with Gasteiger partial charge in [-0.1, -0.05) is 6.07 Å². The summed E-state index contributed by atoms with van der Waals surface area (Å²) in [6, 6.07) is 6.02. The number of benzene rings is 2. The van der Waals surface area contributed by atoms with E-state index in [-0.39, 0.29) is 23.1 Å². The first kappa shape index (κ1) is 18.1. The third kappa shape index (κ3) is 3.63. The average molecular weight is 467 g/mol. The molecule has 1 saturated heterocycles. The van der Waals surface area contributed by atoms with Crippen LogP contribution < -0.4 is 0 Å². The molecule has 1 aliphatic heterocycles. The van der Waals surface area contributed by atoms with Gasteiger partial charge in [-0.25, -0.2) is 22.0 Å². The van der Waals surface area contributed by atoms with Crippen LogP contribution in [0.15, 0.2) is 30.3 Å². The molecule has 1 aliphatic rings. The van der Waals surface area contributed by atoms with Crippen molar-refractivity contribution in [2.45, 2.75) is 12.3 Å². The highest BCUT2D eigenvalue weighted by Crippen LogP contribution is 2.30. The summed E-state index contributed by atoms with van der Waals surface area (Å²) in [4.78, 5) is 13.2. The molecule has 0 spiro atoms. The van der Waals surface area contributed by atoms with Gasteiger partial charge >= 0.3 is 0 Å². The van der Waals surface area contributed by atoms with Gasteiger partial charge < -0.3 is 4.90 Å². The van der Waals surface area contributed by atoms with Crippen molar-refractivity contribution in [3.8, 4) is 0 Å². The van der Waals surface area contributed by atoms with E-state index in [1.807, 2.05) is 22.6 Å². The van der Waals surface area contributed by atoms with Crippen molar-refractivity contribution >= 4 is 28.5 Å². The molecule has 1 fully saturated rings. The third-order valence-electron chi connectivity index (χ3n) is 3.94. The molecule has 2 aromatic rings. The second kappa shape index (κ2) is 6.54. The number of nitrogens with zero attached hydrogens (tertiary/aromatic N) is 1. The highest BCUT2D eigenvalue weighted by Gasteiger charge is 2.46. The van der Waals surface area contributed by atoms with E-state index in [9.17, 15) is 26.7 Å². The Kier molecular flexibility index (Phi) is 4.74. The van der Waals surface area contributed by atoms with Gasteiger partial charge in [-0.05, 0) is 52.4 Å². The normalized spacial score (nSPS) is 15.8. The highest BCUT2D eigenvalue weighted by molar-refractivity contribution is 14.1. The second-order valence-corrected chi connectivity index (χ2v) is 7.06. The first-order valence-electron chi connectivity index (χ1n) is 7.26. The molecule has 0 atom stereocenters. The van der Waals surface area contributed by atoms with Crippen molar-refractivity contribution in [2.24, 2.45) is 0 Å². The molecule has 25 heavy (non-hydrogen) atoms. The summed E-state index contributed by atoms with van der Waals surface area (Å²) in [5.41, 5.74) is -0.513. The van der Waals surface area contributed by atoms with Gasteiger partial charge in [0.25, 0.3) is 11.8 Å². The first-order valence-corrected chi connectivity index (χ1v) is 8.34. The summed E-state index contributed by atoms with van der Waals surface area (Å²) in [6.45, 7) is -1.55. The molecular weight excluding hydrogens is 456 g/mol. The lowest BCUT2D eigenvalue weighted by Gasteiger charge is -2.39. The molecule has 0 N–H and O–H groups in total. The van der Waals surface area contributed by atoms with E-state index >= 15 is 0 Å². The van der Waals surface area contributed by atoms with Crippen LogP contribution in [0.2, 0.25) is 0 Å². The molecule has 0 saturated carbocycles. The fourth-order valence-corrected chi connectivity index (χ4v) is 3.10. The minimum Gasteiger partial charge on any atom is -0.326 e. The van der Waals surface area contributed by atoms with Crippen LogP contribution in [0.5, 0.6) is 0 Å². The summed E-state index contributed by atoms with van der Waals surface area (Å²) in [6.07, 6.45) is -0.363. The lowest BCUT2D eigenvalue weighted by molar-refractivity contribution is -0.113. The number of carbonyl (C=O) groups excluding carboxylic acids is 1. The maximum atomic E-state index is 14.2. The molecule has 8 heteroatoms. The minimum atomic E-state index is -2.98. The molecule has 1 amide bonds. The Morgan fingerprint density at radius 3 is 2.36 bits per heavy atom. The largest absolute Gasteiger partial charge is 0.326 e. The molecule has 3 rings (SSSR count). The topological polar surface area (TPSA) is 20.3 Å². The van der Waals surface area contributed by atoms with Crippen LogP contribution in [0.4, 0.5) is 22.0 Å². The van der Waals surface area contributed by atoms with E-state index in [2.05, 4.69) is 0 Å². The van der Waals surface area contributed by atoms with E-state index in [4.69, 9.17) is 0 Å². The molecule has 0 aliphatic carbocycles.